The van der Waals surface area contributed by atoms with Crippen molar-refractivity contribution in [2.45, 2.75) is 0 Å². The Bertz CT molecular complexity index is 1180. The predicted octanol–water partition coefficient (Wildman–Crippen LogP) is 5.88. The van der Waals surface area contributed by atoms with E-state index in [0.717, 1.165) is 48.4 Å². The zero-order chi connectivity index (χ0) is 23.7. The van der Waals surface area contributed by atoms with Crippen LogP contribution in [0.3, 0.4) is 0 Å². The molecule has 5 rings (SSSR count). The molecule has 34 heavy (non-hydrogen) atoms. The van der Waals surface area contributed by atoms with E-state index < -0.39 is 0 Å². The molecule has 1 fully saturated rings. The second kappa shape index (κ2) is 9.92. The van der Waals surface area contributed by atoms with Gasteiger partial charge in [-0.15, -0.1) is 11.3 Å². The van der Waals surface area contributed by atoms with Crippen molar-refractivity contribution in [2.24, 2.45) is 4.99 Å². The van der Waals surface area contributed by atoms with Gasteiger partial charge in [-0.2, -0.15) is 0 Å². The minimum absolute atomic E-state index is 0.341. The number of aliphatic imine (C=N–C) groups is 1. The lowest BCUT2D eigenvalue weighted by Gasteiger charge is -2.30. The van der Waals surface area contributed by atoms with Crippen LogP contribution < -0.4 is 24.6 Å². The fourth-order valence-corrected chi connectivity index (χ4v) is 5.66. The number of fused-ring (bicyclic) bond motifs is 1. The van der Waals surface area contributed by atoms with Crippen LogP contribution in [0.5, 0.6) is 11.5 Å². The topological polar surface area (TPSA) is 58.6 Å². The molecule has 0 bridgehead atoms. The summed E-state index contributed by atoms with van der Waals surface area (Å²) in [6, 6.07) is 12.1. The van der Waals surface area contributed by atoms with Gasteiger partial charge in [-0.25, -0.2) is 4.99 Å². The monoisotopic (exact) mass is 518 g/mol. The van der Waals surface area contributed by atoms with Gasteiger partial charge in [0.15, 0.2) is 0 Å². The molecule has 1 aromatic heterocycles. The van der Waals surface area contributed by atoms with Gasteiger partial charge >= 0.3 is 0 Å². The Hall–Kier alpha value is -2.65. The molecule has 1 N–H and O–H groups in total. The Kier molecular flexibility index (Phi) is 6.74. The number of rotatable bonds is 5. The largest absolute Gasteiger partial charge is 0.495 e. The van der Waals surface area contributed by atoms with Crippen molar-refractivity contribution in [1.82, 2.24) is 0 Å². The number of amidine groups is 1. The van der Waals surface area contributed by atoms with E-state index >= 15 is 0 Å². The standard InChI is InChI=1S/C24H24Cl2N4O3S/c1-31-18-13-19(32-2)21(26)22(20(18)25)30-14-27-24(23-17(30)7-12-34-23)28-15-3-5-16(6-4-15)29-8-10-33-11-9-29/h3-7,12-13H,8-11,14H2,1-2H3,(H,27,28). The third-order valence-electron chi connectivity index (χ3n) is 5.85. The highest BCUT2D eigenvalue weighted by atomic mass is 35.5. The van der Waals surface area contributed by atoms with Crippen molar-refractivity contribution in [1.29, 1.82) is 0 Å². The number of nitrogens with zero attached hydrogens (tertiary/aromatic N) is 3. The summed E-state index contributed by atoms with van der Waals surface area (Å²) in [5, 5.41) is 6.33. The van der Waals surface area contributed by atoms with Crippen molar-refractivity contribution >= 4 is 63.1 Å². The van der Waals surface area contributed by atoms with E-state index in [4.69, 9.17) is 42.4 Å². The highest BCUT2D eigenvalue weighted by Gasteiger charge is 2.29. The maximum atomic E-state index is 6.68. The molecule has 3 heterocycles. The number of ether oxygens (including phenoxy) is 3. The smallest absolute Gasteiger partial charge is 0.146 e. The van der Waals surface area contributed by atoms with Crippen LogP contribution in [0.2, 0.25) is 10.0 Å². The number of nitrogens with one attached hydrogen (secondary N) is 1. The van der Waals surface area contributed by atoms with Crippen molar-refractivity contribution in [2.75, 3.05) is 62.3 Å². The molecule has 3 aromatic rings. The Morgan fingerprint density at radius 2 is 1.68 bits per heavy atom. The second-order valence-corrected chi connectivity index (χ2v) is 9.41. The SMILES string of the molecule is COc1cc(OC)c(Cl)c(N2CN=C(Nc3ccc(N4CCOCC4)cc3)c3sccc32)c1Cl. The minimum Gasteiger partial charge on any atom is -0.495 e. The lowest BCUT2D eigenvalue weighted by molar-refractivity contribution is 0.122. The average molecular weight is 519 g/mol. The molecular weight excluding hydrogens is 495 g/mol. The van der Waals surface area contributed by atoms with Crippen LogP contribution in [0.25, 0.3) is 0 Å². The number of thiophene rings is 1. The first-order valence-electron chi connectivity index (χ1n) is 10.8. The zero-order valence-electron chi connectivity index (χ0n) is 18.8. The van der Waals surface area contributed by atoms with Crippen LogP contribution in [0.4, 0.5) is 22.7 Å². The summed E-state index contributed by atoms with van der Waals surface area (Å²) in [4.78, 5) is 10.1. The fourth-order valence-electron chi connectivity index (χ4n) is 4.09. The van der Waals surface area contributed by atoms with Crippen molar-refractivity contribution in [3.63, 3.8) is 0 Å². The second-order valence-electron chi connectivity index (χ2n) is 7.74. The average Bonchev–Trinajstić information content (AvgIpc) is 3.37. The Morgan fingerprint density at radius 1 is 1.00 bits per heavy atom. The van der Waals surface area contributed by atoms with Gasteiger partial charge in [0.05, 0.1) is 43.7 Å². The molecule has 0 radical (unpaired) electrons. The first-order chi connectivity index (χ1) is 16.6. The summed E-state index contributed by atoms with van der Waals surface area (Å²) in [7, 11) is 3.13. The van der Waals surface area contributed by atoms with Crippen molar-refractivity contribution in [3.05, 3.63) is 56.7 Å². The zero-order valence-corrected chi connectivity index (χ0v) is 21.1. The molecule has 178 valence electrons. The van der Waals surface area contributed by atoms with Gasteiger partial charge in [0.25, 0.3) is 0 Å². The Labute approximate surface area is 212 Å². The molecule has 0 spiro atoms. The molecule has 0 amide bonds. The molecule has 0 unspecified atom stereocenters. The number of hydrogen-bond donors (Lipinski definition) is 1. The normalized spacial score (nSPS) is 15.6. The number of hydrogen-bond acceptors (Lipinski definition) is 8. The number of anilines is 4. The Morgan fingerprint density at radius 3 is 2.32 bits per heavy atom. The predicted molar refractivity (Wildman–Crippen MR) is 141 cm³/mol. The summed E-state index contributed by atoms with van der Waals surface area (Å²) in [5.74, 6) is 1.79. The molecule has 2 aliphatic rings. The summed E-state index contributed by atoms with van der Waals surface area (Å²) in [6.45, 7) is 3.69. The first kappa shape index (κ1) is 23.1. The van der Waals surface area contributed by atoms with Gasteiger partial charge < -0.3 is 29.3 Å². The number of halogens is 2. The van der Waals surface area contributed by atoms with Crippen LogP contribution in [-0.2, 0) is 4.74 Å². The van der Waals surface area contributed by atoms with E-state index in [-0.39, 0.29) is 0 Å². The molecule has 10 heteroatoms. The van der Waals surface area contributed by atoms with Crippen LogP contribution in [0.15, 0.2) is 46.8 Å². The molecule has 2 aromatic carbocycles. The van der Waals surface area contributed by atoms with Gasteiger partial charge in [0, 0.05) is 30.5 Å². The van der Waals surface area contributed by atoms with E-state index in [1.165, 1.54) is 5.69 Å². The van der Waals surface area contributed by atoms with Crippen molar-refractivity contribution < 1.29 is 14.2 Å². The highest BCUT2D eigenvalue weighted by Crippen LogP contribution is 2.49. The fraction of sp³-hybridized carbons (Fsp3) is 0.292. The Balaban J connectivity index is 1.42. The molecule has 0 saturated carbocycles. The number of methoxy groups -OCH3 is 2. The third kappa shape index (κ3) is 4.27. The van der Waals surface area contributed by atoms with E-state index in [1.54, 1.807) is 31.6 Å². The van der Waals surface area contributed by atoms with Gasteiger partial charge in [0.1, 0.15) is 34.0 Å². The van der Waals surface area contributed by atoms with Crippen LogP contribution in [0.1, 0.15) is 4.88 Å². The van der Waals surface area contributed by atoms with Crippen molar-refractivity contribution in [3.8, 4) is 11.5 Å². The minimum atomic E-state index is 0.341. The molecule has 2 aliphatic heterocycles. The quantitative estimate of drug-likeness (QED) is 0.455. The summed E-state index contributed by atoms with van der Waals surface area (Å²) < 4.78 is 16.3. The van der Waals surface area contributed by atoms with E-state index in [9.17, 15) is 0 Å². The maximum Gasteiger partial charge on any atom is 0.146 e. The summed E-state index contributed by atoms with van der Waals surface area (Å²) in [5.41, 5.74) is 3.74. The summed E-state index contributed by atoms with van der Waals surface area (Å²) >= 11 is 15.0. The van der Waals surface area contributed by atoms with Crippen LogP contribution in [0, 0.1) is 0 Å². The van der Waals surface area contributed by atoms with E-state index in [0.29, 0.717) is 33.9 Å². The maximum absolute atomic E-state index is 6.68. The van der Waals surface area contributed by atoms with Gasteiger partial charge in [-0.05, 0) is 35.7 Å². The summed E-state index contributed by atoms with van der Waals surface area (Å²) in [6.07, 6.45) is 0. The number of benzene rings is 2. The molecule has 1 saturated heterocycles. The third-order valence-corrected chi connectivity index (χ3v) is 7.49. The van der Waals surface area contributed by atoms with E-state index in [2.05, 4.69) is 34.5 Å². The molecule has 0 aliphatic carbocycles. The van der Waals surface area contributed by atoms with Gasteiger partial charge in [-0.3, -0.25) is 0 Å². The first-order valence-corrected chi connectivity index (χ1v) is 12.4. The van der Waals surface area contributed by atoms with E-state index in [1.807, 2.05) is 16.3 Å². The molecular formula is C24H24Cl2N4O3S. The van der Waals surface area contributed by atoms with Gasteiger partial charge in [0.2, 0.25) is 0 Å². The van der Waals surface area contributed by atoms with Gasteiger partial charge in [-0.1, -0.05) is 23.2 Å². The number of morpholine rings is 1. The van der Waals surface area contributed by atoms with Crippen LogP contribution >= 0.6 is 34.5 Å². The lowest BCUT2D eigenvalue weighted by atomic mass is 10.2. The lowest BCUT2D eigenvalue weighted by Crippen LogP contribution is -2.36. The molecule has 7 nitrogen and oxygen atoms in total. The molecule has 0 atom stereocenters. The highest BCUT2D eigenvalue weighted by molar-refractivity contribution is 7.13. The van der Waals surface area contributed by atoms with Crippen LogP contribution in [-0.4, -0.2) is 53.0 Å².